The van der Waals surface area contributed by atoms with Gasteiger partial charge >= 0.3 is 5.97 Å². The number of methoxy groups -OCH3 is 1. The van der Waals surface area contributed by atoms with Gasteiger partial charge in [0.1, 0.15) is 0 Å². The maximum atomic E-state index is 12.8. The summed E-state index contributed by atoms with van der Waals surface area (Å²) in [6.45, 7) is 3.55. The fraction of sp³-hybridized carbons (Fsp3) is 0.450. The predicted octanol–water partition coefficient (Wildman–Crippen LogP) is 4.25. The minimum Gasteiger partial charge on any atom is -0.463 e. The van der Waals surface area contributed by atoms with Gasteiger partial charge in [-0.2, -0.15) is 0 Å². The van der Waals surface area contributed by atoms with Gasteiger partial charge in [-0.3, -0.25) is 4.79 Å². The summed E-state index contributed by atoms with van der Waals surface area (Å²) in [5.74, 6) is -0.0198. The lowest BCUT2D eigenvalue weighted by Gasteiger charge is -2.31. The van der Waals surface area contributed by atoms with Crippen LogP contribution >= 0.6 is 22.7 Å². The fourth-order valence-corrected chi connectivity index (χ4v) is 5.91. The standard InChI is InChI=1S/C20H22N2O4S2/c1-3-14-9-15-13(11-27-20(15)28-14)8-18(23)22-6-4-12(5-7-22)16-10-17(26-21-16)19(24)25-2/h9-12H,3-8H2,1-2H3. The highest BCUT2D eigenvalue weighted by Gasteiger charge is 2.27. The van der Waals surface area contributed by atoms with E-state index in [4.69, 9.17) is 4.52 Å². The molecule has 4 rings (SSSR count). The summed E-state index contributed by atoms with van der Waals surface area (Å²) in [5, 5.41) is 7.37. The molecule has 28 heavy (non-hydrogen) atoms. The van der Waals surface area contributed by atoms with Gasteiger partial charge in [0.2, 0.25) is 11.7 Å². The van der Waals surface area contributed by atoms with Crippen molar-refractivity contribution >= 4 is 43.9 Å². The molecule has 0 saturated carbocycles. The van der Waals surface area contributed by atoms with Crippen LogP contribution in [0.15, 0.2) is 22.0 Å². The zero-order valence-electron chi connectivity index (χ0n) is 15.9. The van der Waals surface area contributed by atoms with Crippen molar-refractivity contribution in [3.63, 3.8) is 0 Å². The summed E-state index contributed by atoms with van der Waals surface area (Å²) < 4.78 is 11.0. The Hall–Kier alpha value is -2.19. The van der Waals surface area contributed by atoms with Crippen LogP contribution in [0.2, 0.25) is 0 Å². The van der Waals surface area contributed by atoms with E-state index in [1.54, 1.807) is 17.4 Å². The number of ether oxygens (including phenoxy) is 1. The van der Waals surface area contributed by atoms with Crippen LogP contribution in [0.3, 0.4) is 0 Å². The number of carbonyl (C=O) groups excluding carboxylic acids is 2. The lowest BCUT2D eigenvalue weighted by Crippen LogP contribution is -2.38. The highest BCUT2D eigenvalue weighted by atomic mass is 32.2. The Balaban J connectivity index is 1.36. The zero-order chi connectivity index (χ0) is 19.7. The Bertz CT molecular complexity index is 995. The predicted molar refractivity (Wildman–Crippen MR) is 109 cm³/mol. The highest BCUT2D eigenvalue weighted by molar-refractivity contribution is 7.37. The van der Waals surface area contributed by atoms with Crippen molar-refractivity contribution in [2.45, 2.75) is 38.5 Å². The van der Waals surface area contributed by atoms with Gasteiger partial charge < -0.3 is 14.2 Å². The Morgan fingerprint density at radius 1 is 1.32 bits per heavy atom. The Morgan fingerprint density at radius 3 is 2.82 bits per heavy atom. The van der Waals surface area contributed by atoms with Crippen LogP contribution in [0.4, 0.5) is 0 Å². The number of nitrogens with zero attached hydrogens (tertiary/aromatic N) is 2. The number of rotatable bonds is 5. The van der Waals surface area contributed by atoms with Gasteiger partial charge in [0.15, 0.2) is 0 Å². The van der Waals surface area contributed by atoms with Gasteiger partial charge in [0.05, 0.1) is 23.2 Å². The van der Waals surface area contributed by atoms with Crippen LogP contribution in [0.25, 0.3) is 9.40 Å². The number of esters is 1. The van der Waals surface area contributed by atoms with Gasteiger partial charge in [-0.25, -0.2) is 4.79 Å². The molecule has 0 unspecified atom stereocenters. The number of likely N-dealkylation sites (tertiary alicyclic amines) is 1. The zero-order valence-corrected chi connectivity index (χ0v) is 17.5. The molecule has 6 nitrogen and oxygen atoms in total. The van der Waals surface area contributed by atoms with Crippen LogP contribution in [-0.2, 0) is 22.4 Å². The van der Waals surface area contributed by atoms with E-state index < -0.39 is 5.97 Å². The van der Waals surface area contributed by atoms with E-state index in [0.29, 0.717) is 19.5 Å². The monoisotopic (exact) mass is 418 g/mol. The second-order valence-corrected chi connectivity index (χ2v) is 9.24. The number of carbonyl (C=O) groups is 2. The lowest BCUT2D eigenvalue weighted by atomic mass is 9.93. The Kier molecular flexibility index (Phi) is 5.50. The molecule has 148 valence electrons. The molecule has 0 spiro atoms. The first-order chi connectivity index (χ1) is 13.6. The third-order valence-corrected chi connectivity index (χ3v) is 7.72. The molecule has 0 atom stereocenters. The molecule has 0 aliphatic carbocycles. The van der Waals surface area contributed by atoms with E-state index in [9.17, 15) is 9.59 Å². The van der Waals surface area contributed by atoms with Crippen molar-refractivity contribution < 1.29 is 18.8 Å². The number of fused-ring (bicyclic) bond motifs is 1. The average Bonchev–Trinajstić information content (AvgIpc) is 3.44. The van der Waals surface area contributed by atoms with E-state index in [2.05, 4.69) is 28.3 Å². The topological polar surface area (TPSA) is 72.6 Å². The molecule has 8 heteroatoms. The molecule has 0 aromatic carbocycles. The molecule has 4 heterocycles. The van der Waals surface area contributed by atoms with Gasteiger partial charge in [-0.1, -0.05) is 12.1 Å². The molecular formula is C20H22N2O4S2. The van der Waals surface area contributed by atoms with Crippen molar-refractivity contribution in [2.75, 3.05) is 20.2 Å². The molecule has 0 bridgehead atoms. The van der Waals surface area contributed by atoms with E-state index in [-0.39, 0.29) is 17.6 Å². The summed E-state index contributed by atoms with van der Waals surface area (Å²) in [4.78, 5) is 27.6. The number of aryl methyl sites for hydroxylation is 1. The molecule has 1 aliphatic rings. The van der Waals surface area contributed by atoms with Crippen molar-refractivity contribution in [2.24, 2.45) is 0 Å². The second kappa shape index (κ2) is 8.05. The van der Waals surface area contributed by atoms with E-state index in [1.165, 1.54) is 21.4 Å². The molecule has 3 aromatic heterocycles. The first-order valence-electron chi connectivity index (χ1n) is 9.40. The van der Waals surface area contributed by atoms with Crippen LogP contribution < -0.4 is 0 Å². The molecule has 1 aliphatic heterocycles. The largest absolute Gasteiger partial charge is 0.463 e. The van der Waals surface area contributed by atoms with Crippen LogP contribution in [0.5, 0.6) is 0 Å². The number of piperidine rings is 1. The SMILES string of the molecule is CCc1cc2c(CC(=O)N3CCC(c4cc(C(=O)OC)on4)CC3)csc2s1. The minimum atomic E-state index is -0.520. The summed E-state index contributed by atoms with van der Waals surface area (Å²) >= 11 is 3.56. The highest BCUT2D eigenvalue weighted by Crippen LogP contribution is 2.35. The third kappa shape index (κ3) is 3.71. The van der Waals surface area contributed by atoms with Crippen molar-refractivity contribution in [1.82, 2.24) is 10.1 Å². The van der Waals surface area contributed by atoms with Crippen molar-refractivity contribution in [3.8, 4) is 0 Å². The quantitative estimate of drug-likeness (QED) is 0.579. The molecule has 0 N–H and O–H groups in total. The van der Waals surface area contributed by atoms with Gasteiger partial charge in [0, 0.05) is 35.3 Å². The normalized spacial score (nSPS) is 15.3. The molecule has 1 saturated heterocycles. The number of hydrogen-bond acceptors (Lipinski definition) is 7. The van der Waals surface area contributed by atoms with E-state index in [1.807, 2.05) is 16.2 Å². The number of hydrogen-bond donors (Lipinski definition) is 0. The smallest absolute Gasteiger partial charge is 0.376 e. The first kappa shape index (κ1) is 19.1. The third-order valence-electron chi connectivity index (χ3n) is 5.27. The summed E-state index contributed by atoms with van der Waals surface area (Å²) in [7, 11) is 1.31. The first-order valence-corrected chi connectivity index (χ1v) is 11.1. The molecular weight excluding hydrogens is 396 g/mol. The van der Waals surface area contributed by atoms with Crippen LogP contribution in [0, 0.1) is 0 Å². The summed E-state index contributed by atoms with van der Waals surface area (Å²) in [6, 6.07) is 3.88. The summed E-state index contributed by atoms with van der Waals surface area (Å²) in [5.41, 5.74) is 1.90. The minimum absolute atomic E-state index is 0.125. The second-order valence-electron chi connectivity index (χ2n) is 6.97. The van der Waals surface area contributed by atoms with Gasteiger partial charge in [-0.15, -0.1) is 22.7 Å². The van der Waals surface area contributed by atoms with Crippen molar-refractivity contribution in [3.05, 3.63) is 39.4 Å². The molecule has 1 fully saturated rings. The number of aromatic nitrogens is 1. The molecule has 3 aromatic rings. The maximum absolute atomic E-state index is 12.8. The van der Waals surface area contributed by atoms with Crippen molar-refractivity contribution in [1.29, 1.82) is 0 Å². The van der Waals surface area contributed by atoms with Gasteiger partial charge in [-0.05, 0) is 36.3 Å². The van der Waals surface area contributed by atoms with Gasteiger partial charge in [0.25, 0.3) is 0 Å². The molecule has 0 radical (unpaired) electrons. The summed E-state index contributed by atoms with van der Waals surface area (Å²) in [6.07, 6.45) is 3.13. The lowest BCUT2D eigenvalue weighted by molar-refractivity contribution is -0.131. The Labute approximate surface area is 171 Å². The number of amides is 1. The van der Waals surface area contributed by atoms with E-state index >= 15 is 0 Å². The fourth-order valence-electron chi connectivity index (χ4n) is 3.61. The van der Waals surface area contributed by atoms with Crippen LogP contribution in [0.1, 0.15) is 52.4 Å². The number of thiophene rings is 2. The van der Waals surface area contributed by atoms with E-state index in [0.717, 1.165) is 30.5 Å². The Morgan fingerprint density at radius 2 is 2.11 bits per heavy atom. The average molecular weight is 419 g/mol. The van der Waals surface area contributed by atoms with Crippen LogP contribution in [-0.4, -0.2) is 42.1 Å². The molecule has 1 amide bonds. The maximum Gasteiger partial charge on any atom is 0.376 e.